The number of carboxylic acids is 4. The normalized spacial score (nSPS) is 16.8. The molecule has 2 aromatic heterocycles. The number of nitrogens with one attached hydrogen (secondary N) is 11. The molecular weight excluding hydrogens is 1530 g/mol. The van der Waals surface area contributed by atoms with Crippen LogP contribution in [0.1, 0.15) is 156 Å². The molecule has 642 valence electrons. The molecule has 0 bridgehead atoms. The monoisotopic (exact) mass is 1640 g/mol. The van der Waals surface area contributed by atoms with Crippen molar-refractivity contribution in [2.75, 3.05) is 13.1 Å². The van der Waals surface area contributed by atoms with Crippen LogP contribution in [0.5, 0.6) is 5.75 Å². The molecule has 0 radical (unpaired) electrons. The third kappa shape index (κ3) is 32.2. The first-order valence-electron chi connectivity index (χ1n) is 38.9. The smallest absolute Gasteiger partial charge is 0.326 e. The largest absolute Gasteiger partial charge is 0.508 e. The summed E-state index contributed by atoms with van der Waals surface area (Å²) >= 11 is 0. The Balaban J connectivity index is 1.23. The van der Waals surface area contributed by atoms with Crippen molar-refractivity contribution in [1.29, 1.82) is 0 Å². The van der Waals surface area contributed by atoms with Gasteiger partial charge >= 0.3 is 29.8 Å². The van der Waals surface area contributed by atoms with Gasteiger partial charge in [-0.3, -0.25) is 92.4 Å². The number of carbonyl (C=O) groups excluding carboxylic acids is 12. The van der Waals surface area contributed by atoms with E-state index in [1.807, 2.05) is 27.7 Å². The molecule has 1 aliphatic heterocycles. The van der Waals surface area contributed by atoms with Crippen LogP contribution in [0.4, 0.5) is 0 Å². The van der Waals surface area contributed by atoms with E-state index < -0.39 is 224 Å². The van der Waals surface area contributed by atoms with Crippen LogP contribution in [0.2, 0.25) is 0 Å². The lowest BCUT2D eigenvalue weighted by atomic mass is 9.84. The van der Waals surface area contributed by atoms with Gasteiger partial charge < -0.3 is 78.1 Å². The maximum absolute atomic E-state index is 14.5. The van der Waals surface area contributed by atoms with Crippen LogP contribution in [0.15, 0.2) is 67.0 Å². The number of nitrogens with zero attached hydrogens (tertiary/aromatic N) is 6. The van der Waals surface area contributed by atoms with Crippen molar-refractivity contribution in [3.8, 4) is 5.75 Å². The standard InChI is InChI=1S/C77H112N18O22/c1-11-42(7)66(89-78)61(99)35-52(41(5)6)72(109)86-57-36-65(105)117-68(67(57)106)43(8)70(107)84-53(23-25-63(101)102)60(98)33-48(76(113)114)32-49-39-95(93-90-49)28-16-27-79-69(82-45(10)96)75(112)85-56(30-47-19-21-51(97)22-20-47)55(29-40(3)4)80-37-62(100)83-54(24-26-64(103)104)73(110)81-44(9)71(108)87-58(31-46-17-14-13-15-18-46)74(111)88-59(77(115)116)34-50-38-94(12-2)92-91-50/h13-15,17-22,38-44,48,52-59,66,68-69,79-80,89,97H,11-12,16,23-37,78H2,1-10H3,(H,81,110)(H,82,96)(H,83,100)(H,84,107)(H,85,112)(H,86,109)(H,87,108)(H,88,111)(H,101,102)(H,103,104)(H,113,114)(H,115,116)/t42-,43-,44+,48?,52+,53+,54+,55?,56+,57?,58+,59+,66?,68?,69+/m0/s1. The average molecular weight is 1640 g/mol. The van der Waals surface area contributed by atoms with Gasteiger partial charge in [0.25, 0.3) is 5.91 Å². The first-order valence-corrected chi connectivity index (χ1v) is 38.9. The number of carboxylic acid groups (broad SMARTS) is 4. The van der Waals surface area contributed by atoms with E-state index in [9.17, 15) is 102 Å². The number of esters is 1. The van der Waals surface area contributed by atoms with Crippen molar-refractivity contribution in [2.24, 2.45) is 41.4 Å². The number of aromatic hydroxyl groups is 1. The summed E-state index contributed by atoms with van der Waals surface area (Å²) in [5.74, 6) is -14.4. The fourth-order valence-corrected chi connectivity index (χ4v) is 12.9. The second kappa shape index (κ2) is 47.5. The minimum absolute atomic E-state index is 0.0231. The number of ketones is 3. The number of hydrazine groups is 1. The number of aryl methyl sites for hydroxylation is 2. The highest BCUT2D eigenvalue weighted by Gasteiger charge is 2.45. The van der Waals surface area contributed by atoms with E-state index in [0.717, 1.165) is 0 Å². The molecular formula is C77H112N18O22. The summed E-state index contributed by atoms with van der Waals surface area (Å²) in [6, 6.07) is 3.18. The number of carbonyl (C=O) groups is 16. The molecule has 18 N–H and O–H groups in total. The molecule has 15 atom stereocenters. The highest BCUT2D eigenvalue weighted by molar-refractivity contribution is 6.03. The Morgan fingerprint density at radius 2 is 1.20 bits per heavy atom. The van der Waals surface area contributed by atoms with Gasteiger partial charge in [-0.15, -0.1) is 10.2 Å². The van der Waals surface area contributed by atoms with Crippen LogP contribution in [0.3, 0.4) is 0 Å². The predicted octanol–water partition coefficient (Wildman–Crippen LogP) is -1.17. The lowest BCUT2D eigenvalue weighted by molar-refractivity contribution is -0.168. The summed E-state index contributed by atoms with van der Waals surface area (Å²) in [5.41, 5.74) is 4.07. The number of rotatable bonds is 53. The number of nitrogens with two attached hydrogens (primary N) is 1. The number of aliphatic carboxylic acids is 4. The number of cyclic esters (lactones) is 1. The molecule has 8 amide bonds. The van der Waals surface area contributed by atoms with E-state index in [4.69, 9.17) is 10.6 Å². The van der Waals surface area contributed by atoms with Crippen molar-refractivity contribution < 1.29 is 107 Å². The van der Waals surface area contributed by atoms with E-state index >= 15 is 0 Å². The van der Waals surface area contributed by atoms with Crippen LogP contribution >= 0.6 is 0 Å². The number of Topliss-reactive ketones (excluding diaryl/α,β-unsaturated/α-hetero) is 3. The van der Waals surface area contributed by atoms with Gasteiger partial charge in [-0.25, -0.2) is 10.2 Å². The lowest BCUT2D eigenvalue weighted by Gasteiger charge is -2.33. The zero-order valence-electron chi connectivity index (χ0n) is 67.3. The van der Waals surface area contributed by atoms with Crippen molar-refractivity contribution >= 4 is 94.5 Å². The molecule has 3 heterocycles. The van der Waals surface area contributed by atoms with Gasteiger partial charge in [-0.1, -0.05) is 101 Å². The maximum Gasteiger partial charge on any atom is 0.326 e. The molecule has 1 aliphatic rings. The van der Waals surface area contributed by atoms with E-state index in [2.05, 4.69) is 79.2 Å². The quantitative estimate of drug-likeness (QED) is 0.00814. The molecule has 5 unspecified atom stereocenters. The highest BCUT2D eigenvalue weighted by Crippen LogP contribution is 2.25. The number of benzene rings is 2. The third-order valence-corrected chi connectivity index (χ3v) is 19.8. The summed E-state index contributed by atoms with van der Waals surface area (Å²) in [4.78, 5) is 213. The van der Waals surface area contributed by atoms with Crippen molar-refractivity contribution in [2.45, 2.75) is 239 Å². The Morgan fingerprint density at radius 1 is 0.598 bits per heavy atom. The number of hydrogen-bond acceptors (Lipinski definition) is 26. The lowest BCUT2D eigenvalue weighted by Crippen LogP contribution is -2.61. The molecule has 1 fully saturated rings. The summed E-state index contributed by atoms with van der Waals surface area (Å²) in [6.07, 6.45) is -3.70. The van der Waals surface area contributed by atoms with Crippen LogP contribution in [0.25, 0.3) is 0 Å². The molecule has 5 rings (SSSR count). The van der Waals surface area contributed by atoms with Gasteiger partial charge in [0.15, 0.2) is 29.6 Å². The van der Waals surface area contributed by atoms with Gasteiger partial charge in [0, 0.05) is 95.4 Å². The molecule has 0 aliphatic carbocycles. The SMILES string of the molecule is CC[C@H](C)C(NN)C(=O)C[C@@H](C(=O)NC1CC(=O)OC([C@H](C)C(=O)N[C@H](CCC(=O)O)C(=O)CC(Cc2cn(CCCN[C@H](NC(C)=O)C(=O)N[C@H](Cc3ccc(O)cc3)C(CC(C)C)NCC(=O)N[C@H](CCC(=O)O)C(=O)N[C@H](C)C(=O)N[C@H](Cc3ccccc3)C(=O)N[C@H](Cc3cn(CC)nn3)C(=O)O)nn2)C(=O)O)C1=O)C(C)C. The average Bonchev–Trinajstić information content (AvgIpc) is 0.989. The molecule has 0 spiro atoms. The van der Waals surface area contributed by atoms with Crippen LogP contribution in [-0.4, -0.2) is 230 Å². The van der Waals surface area contributed by atoms with E-state index in [0.29, 0.717) is 30.5 Å². The van der Waals surface area contributed by atoms with Crippen LogP contribution < -0.4 is 64.4 Å². The summed E-state index contributed by atoms with van der Waals surface area (Å²) in [7, 11) is 0. The third-order valence-electron chi connectivity index (χ3n) is 19.8. The minimum atomic E-state index is -1.80. The zero-order valence-corrected chi connectivity index (χ0v) is 67.3. The van der Waals surface area contributed by atoms with E-state index in [-0.39, 0.29) is 86.4 Å². The number of ether oxygens (including phenoxy) is 1. The van der Waals surface area contributed by atoms with E-state index in [1.54, 1.807) is 63.2 Å². The van der Waals surface area contributed by atoms with Crippen molar-refractivity contribution in [3.63, 3.8) is 0 Å². The fourth-order valence-electron chi connectivity index (χ4n) is 12.9. The predicted molar refractivity (Wildman–Crippen MR) is 415 cm³/mol. The van der Waals surface area contributed by atoms with Gasteiger partial charge in [0.2, 0.25) is 41.4 Å². The first kappa shape index (κ1) is 96.1. The number of hydrogen-bond donors (Lipinski definition) is 17. The van der Waals surface area contributed by atoms with Gasteiger partial charge in [-0.2, -0.15) is 0 Å². The Morgan fingerprint density at radius 3 is 1.78 bits per heavy atom. The molecule has 0 saturated carbocycles. The molecule has 40 heteroatoms. The summed E-state index contributed by atoms with van der Waals surface area (Å²) in [5, 5.41) is 92.6. The molecule has 4 aromatic rings. The Labute approximate surface area is 675 Å². The molecule has 1 saturated heterocycles. The van der Waals surface area contributed by atoms with Crippen molar-refractivity contribution in [1.82, 2.24) is 88.6 Å². The first-order chi connectivity index (χ1) is 55.3. The summed E-state index contributed by atoms with van der Waals surface area (Å²) < 4.78 is 8.13. The number of phenolic OH excluding ortho intramolecular Hbond substituents is 1. The Hall–Kier alpha value is -11.5. The minimum Gasteiger partial charge on any atom is -0.508 e. The van der Waals surface area contributed by atoms with Gasteiger partial charge in [0.1, 0.15) is 36.0 Å². The molecule has 2 aromatic carbocycles. The van der Waals surface area contributed by atoms with Crippen LogP contribution in [-0.2, 0) is 120 Å². The number of phenols is 1. The van der Waals surface area contributed by atoms with Gasteiger partial charge in [-0.05, 0) is 100 Å². The summed E-state index contributed by atoms with van der Waals surface area (Å²) in [6.45, 7) is 16.3. The fraction of sp³-hybridized carbons (Fsp3) is 0.584. The maximum atomic E-state index is 14.5. The number of amides is 8. The second-order valence-corrected chi connectivity index (χ2v) is 30.0. The van der Waals surface area contributed by atoms with Crippen LogP contribution in [0, 0.1) is 35.5 Å². The van der Waals surface area contributed by atoms with Crippen molar-refractivity contribution in [3.05, 3.63) is 89.5 Å². The Kier molecular flexibility index (Phi) is 39.0. The topological polar surface area (TPSA) is 603 Å². The Bertz CT molecular complexity index is 4080. The van der Waals surface area contributed by atoms with Gasteiger partial charge in [0.05, 0.1) is 48.3 Å². The number of aromatic nitrogens is 6. The van der Waals surface area contributed by atoms with E-state index in [1.165, 1.54) is 54.7 Å². The highest BCUT2D eigenvalue weighted by atomic mass is 16.6. The zero-order chi connectivity index (χ0) is 86.9. The molecule has 40 nitrogen and oxygen atoms in total. The molecule has 117 heavy (non-hydrogen) atoms. The second-order valence-electron chi connectivity index (χ2n) is 30.0.